The van der Waals surface area contributed by atoms with Crippen LogP contribution in [0.25, 0.3) is 0 Å². The van der Waals surface area contributed by atoms with Crippen molar-refractivity contribution in [3.05, 3.63) is 35.9 Å². The average molecular weight is 362 g/mol. The Balaban J connectivity index is 1.96. The zero-order valence-corrected chi connectivity index (χ0v) is 16.2. The number of rotatable bonds is 6. The van der Waals surface area contributed by atoms with Crippen molar-refractivity contribution in [2.75, 3.05) is 20.2 Å². The number of hydrogen-bond donors (Lipinski definition) is 1. The normalized spacial score (nSPS) is 18.5. The van der Waals surface area contributed by atoms with E-state index in [0.29, 0.717) is 19.5 Å². The summed E-state index contributed by atoms with van der Waals surface area (Å²) in [5.74, 6) is -0.296. The molecule has 0 bridgehead atoms. The molecule has 0 aliphatic carbocycles. The summed E-state index contributed by atoms with van der Waals surface area (Å²) in [6.45, 7) is 6.80. The molecule has 0 spiro atoms. The van der Waals surface area contributed by atoms with Crippen LogP contribution in [0.1, 0.15) is 39.2 Å². The molecule has 2 atom stereocenters. The van der Waals surface area contributed by atoms with Gasteiger partial charge in [-0.1, -0.05) is 30.3 Å². The van der Waals surface area contributed by atoms with E-state index in [0.717, 1.165) is 18.4 Å². The van der Waals surface area contributed by atoms with E-state index in [4.69, 9.17) is 9.47 Å². The Kier molecular flexibility index (Phi) is 7.03. The number of carbonyl (C=O) groups excluding carboxylic acids is 2. The Morgan fingerprint density at radius 3 is 2.58 bits per heavy atom. The van der Waals surface area contributed by atoms with Gasteiger partial charge in [-0.05, 0) is 45.6 Å². The van der Waals surface area contributed by atoms with Crippen molar-refractivity contribution in [3.8, 4) is 0 Å². The Morgan fingerprint density at radius 1 is 1.27 bits per heavy atom. The van der Waals surface area contributed by atoms with Crippen LogP contribution < -0.4 is 5.32 Å². The summed E-state index contributed by atoms with van der Waals surface area (Å²) in [5.41, 5.74) is 0.547. The molecule has 1 fully saturated rings. The smallest absolute Gasteiger partial charge is 0.410 e. The molecule has 2 rings (SSSR count). The highest BCUT2D eigenvalue weighted by molar-refractivity contribution is 5.76. The van der Waals surface area contributed by atoms with Gasteiger partial charge in [0.25, 0.3) is 0 Å². The van der Waals surface area contributed by atoms with Gasteiger partial charge in [0.05, 0.1) is 7.11 Å². The molecule has 26 heavy (non-hydrogen) atoms. The monoisotopic (exact) mass is 362 g/mol. The molecular formula is C20H30N2O4. The predicted molar refractivity (Wildman–Crippen MR) is 99.9 cm³/mol. The largest absolute Gasteiger partial charge is 0.468 e. The molecule has 1 aromatic carbocycles. The van der Waals surface area contributed by atoms with Gasteiger partial charge in [-0.25, -0.2) is 4.79 Å². The lowest BCUT2D eigenvalue weighted by Gasteiger charge is -2.29. The van der Waals surface area contributed by atoms with Crippen molar-refractivity contribution in [1.29, 1.82) is 0 Å². The van der Waals surface area contributed by atoms with Crippen molar-refractivity contribution in [1.82, 2.24) is 10.2 Å². The maximum absolute atomic E-state index is 12.4. The van der Waals surface area contributed by atoms with E-state index in [1.165, 1.54) is 7.11 Å². The lowest BCUT2D eigenvalue weighted by Crippen LogP contribution is -2.48. The highest BCUT2D eigenvalue weighted by Crippen LogP contribution is 2.20. The molecule has 1 aromatic rings. The second-order valence-corrected chi connectivity index (χ2v) is 7.64. The average Bonchev–Trinajstić information content (AvgIpc) is 3.06. The van der Waals surface area contributed by atoms with E-state index in [2.05, 4.69) is 5.32 Å². The quantitative estimate of drug-likeness (QED) is 0.788. The molecule has 0 saturated carbocycles. The number of nitrogens with one attached hydrogen (secondary N) is 1. The third-order valence-electron chi connectivity index (χ3n) is 4.37. The van der Waals surface area contributed by atoms with Gasteiger partial charge in [-0.15, -0.1) is 0 Å². The zero-order valence-electron chi connectivity index (χ0n) is 16.2. The summed E-state index contributed by atoms with van der Waals surface area (Å²) in [5, 5.41) is 3.28. The van der Waals surface area contributed by atoms with Crippen LogP contribution in [0.3, 0.4) is 0 Å². The minimum Gasteiger partial charge on any atom is -0.468 e. The Labute approximate surface area is 155 Å². The molecular weight excluding hydrogens is 332 g/mol. The fourth-order valence-corrected chi connectivity index (χ4v) is 3.12. The van der Waals surface area contributed by atoms with Gasteiger partial charge in [-0.3, -0.25) is 4.79 Å². The SMILES string of the molecule is COC(=O)[C@H](Cc1ccccc1)NC[C@@H]1CCCN1C(=O)OC(C)(C)C. The summed E-state index contributed by atoms with van der Waals surface area (Å²) in [7, 11) is 1.39. The molecule has 6 nitrogen and oxygen atoms in total. The molecule has 0 radical (unpaired) electrons. The molecule has 1 amide bonds. The van der Waals surface area contributed by atoms with Crippen LogP contribution in [0.2, 0.25) is 0 Å². The van der Waals surface area contributed by atoms with Crippen molar-refractivity contribution in [2.45, 2.75) is 57.7 Å². The van der Waals surface area contributed by atoms with E-state index < -0.39 is 11.6 Å². The minimum absolute atomic E-state index is 0.0211. The first-order valence-corrected chi connectivity index (χ1v) is 9.15. The van der Waals surface area contributed by atoms with Gasteiger partial charge >= 0.3 is 12.1 Å². The molecule has 1 aliphatic heterocycles. The topological polar surface area (TPSA) is 67.9 Å². The molecule has 0 aromatic heterocycles. The fraction of sp³-hybridized carbons (Fsp3) is 0.600. The number of benzene rings is 1. The number of amides is 1. The molecule has 1 N–H and O–H groups in total. The van der Waals surface area contributed by atoms with Gasteiger partial charge in [0.2, 0.25) is 0 Å². The van der Waals surface area contributed by atoms with E-state index in [9.17, 15) is 9.59 Å². The van der Waals surface area contributed by atoms with Gasteiger partial charge in [0.15, 0.2) is 0 Å². The maximum atomic E-state index is 12.4. The molecule has 6 heteroatoms. The summed E-state index contributed by atoms with van der Waals surface area (Å²) in [6.07, 6.45) is 2.09. The first-order chi connectivity index (χ1) is 12.3. The van der Waals surface area contributed by atoms with Crippen LogP contribution in [0.4, 0.5) is 4.79 Å². The Morgan fingerprint density at radius 2 is 1.96 bits per heavy atom. The number of methoxy groups -OCH3 is 1. The third kappa shape index (κ3) is 6.02. The highest BCUT2D eigenvalue weighted by Gasteiger charge is 2.33. The van der Waals surface area contributed by atoms with Crippen LogP contribution in [0.5, 0.6) is 0 Å². The Hall–Kier alpha value is -2.08. The standard InChI is InChI=1S/C20H30N2O4/c1-20(2,3)26-19(24)22-12-8-11-16(22)14-21-17(18(23)25-4)13-15-9-6-5-7-10-15/h5-7,9-10,16-17,21H,8,11-14H2,1-4H3/t16-,17-/m0/s1. The molecule has 0 unspecified atom stereocenters. The molecule has 1 saturated heterocycles. The van der Waals surface area contributed by atoms with Gasteiger partial charge in [-0.2, -0.15) is 0 Å². The lowest BCUT2D eigenvalue weighted by atomic mass is 10.1. The zero-order chi connectivity index (χ0) is 19.2. The van der Waals surface area contributed by atoms with Crippen molar-refractivity contribution < 1.29 is 19.1 Å². The number of ether oxygens (including phenoxy) is 2. The van der Waals surface area contributed by atoms with Crippen LogP contribution in [0.15, 0.2) is 30.3 Å². The highest BCUT2D eigenvalue weighted by atomic mass is 16.6. The molecule has 144 valence electrons. The fourth-order valence-electron chi connectivity index (χ4n) is 3.12. The molecule has 1 aliphatic rings. The summed E-state index contributed by atoms with van der Waals surface area (Å²) in [6, 6.07) is 9.40. The second kappa shape index (κ2) is 9.03. The number of likely N-dealkylation sites (tertiary alicyclic amines) is 1. The van der Waals surface area contributed by atoms with Crippen LogP contribution in [-0.2, 0) is 20.7 Å². The third-order valence-corrected chi connectivity index (χ3v) is 4.37. The number of esters is 1. The van der Waals surface area contributed by atoms with Crippen molar-refractivity contribution in [2.24, 2.45) is 0 Å². The van der Waals surface area contributed by atoms with Crippen LogP contribution in [0, 0.1) is 0 Å². The van der Waals surface area contributed by atoms with Crippen LogP contribution in [-0.4, -0.2) is 54.8 Å². The van der Waals surface area contributed by atoms with Gasteiger partial charge < -0.3 is 19.7 Å². The number of hydrogen-bond acceptors (Lipinski definition) is 5. The Bertz CT molecular complexity index is 598. The molecule has 1 heterocycles. The van der Waals surface area contributed by atoms with Gasteiger partial charge in [0, 0.05) is 19.1 Å². The van der Waals surface area contributed by atoms with E-state index >= 15 is 0 Å². The lowest BCUT2D eigenvalue weighted by molar-refractivity contribution is -0.143. The van der Waals surface area contributed by atoms with E-state index in [1.54, 1.807) is 4.90 Å². The number of nitrogens with zero attached hydrogens (tertiary/aromatic N) is 1. The van der Waals surface area contributed by atoms with E-state index in [-0.39, 0.29) is 18.1 Å². The van der Waals surface area contributed by atoms with Crippen molar-refractivity contribution >= 4 is 12.1 Å². The summed E-state index contributed by atoms with van der Waals surface area (Å²) < 4.78 is 10.4. The van der Waals surface area contributed by atoms with Crippen LogP contribution >= 0.6 is 0 Å². The maximum Gasteiger partial charge on any atom is 0.410 e. The predicted octanol–water partition coefficient (Wildman–Crippen LogP) is 2.76. The first-order valence-electron chi connectivity index (χ1n) is 9.15. The van der Waals surface area contributed by atoms with Gasteiger partial charge in [0.1, 0.15) is 11.6 Å². The first kappa shape index (κ1) is 20.2. The summed E-state index contributed by atoms with van der Waals surface area (Å²) >= 11 is 0. The van der Waals surface area contributed by atoms with E-state index in [1.807, 2.05) is 51.1 Å². The number of carbonyl (C=O) groups is 2. The second-order valence-electron chi connectivity index (χ2n) is 7.64. The minimum atomic E-state index is -0.514. The summed E-state index contributed by atoms with van der Waals surface area (Å²) in [4.78, 5) is 26.3. The van der Waals surface area contributed by atoms with Crippen molar-refractivity contribution in [3.63, 3.8) is 0 Å².